The van der Waals surface area contributed by atoms with Crippen LogP contribution in [0.1, 0.15) is 33.8 Å². The molecular weight excluding hydrogens is 601 g/mol. The molecule has 0 saturated carbocycles. The van der Waals surface area contributed by atoms with Crippen molar-refractivity contribution in [3.05, 3.63) is 89.2 Å². The van der Waals surface area contributed by atoms with Crippen molar-refractivity contribution in [3.8, 4) is 21.9 Å². The number of hydrogen-bond donors (Lipinski definition) is 4. The minimum atomic E-state index is -4.58. The topological polar surface area (TPSA) is 161 Å². The summed E-state index contributed by atoms with van der Waals surface area (Å²) < 4.78 is 48.3. The summed E-state index contributed by atoms with van der Waals surface area (Å²) in [6.45, 7) is 1.03. The number of halogens is 3. The molecule has 0 saturated heterocycles. The second-order valence-corrected chi connectivity index (χ2v) is 10.5. The van der Waals surface area contributed by atoms with Crippen molar-refractivity contribution in [1.29, 1.82) is 0 Å². The zero-order valence-electron chi connectivity index (χ0n) is 22.8. The number of thiophene rings is 1. The van der Waals surface area contributed by atoms with E-state index >= 15 is 0 Å². The number of alkyl halides is 3. The Kier molecular flexibility index (Phi) is 8.22. The maximum absolute atomic E-state index is 13.6. The standard InChI is InChI=1S/C29H23F3N6O5S/c1-15(18-4-2-3-5-19(18)29(30,31)32)43-22-12-25(44-26(22)27(33)40)38-14-36-20-10-16(6-7-21(20)38)17-8-9-34-23(11-17)37-24(39)13-35-28(41)42/h2-12,14-15,35H,13H2,1H3,(H2,33,40)(H,41,42)(H,34,37,39)/t15-/m1/s1. The van der Waals surface area contributed by atoms with Crippen LogP contribution in [-0.4, -0.2) is 44.1 Å². The number of fused-ring (bicyclic) bond motifs is 1. The predicted octanol–water partition coefficient (Wildman–Crippen LogP) is 5.61. The molecule has 15 heteroatoms. The van der Waals surface area contributed by atoms with Crippen molar-refractivity contribution >= 4 is 46.1 Å². The molecule has 0 aliphatic carbocycles. The SMILES string of the molecule is C[C@@H](Oc1cc(-n2cnc3cc(-c4ccnc(NC(=O)CNC(=O)O)c4)ccc32)sc1C(N)=O)c1ccccc1C(F)(F)F. The zero-order chi connectivity index (χ0) is 31.6. The average Bonchev–Trinajstić information content (AvgIpc) is 3.59. The van der Waals surface area contributed by atoms with Crippen molar-refractivity contribution in [2.45, 2.75) is 19.2 Å². The molecule has 0 aliphatic rings. The van der Waals surface area contributed by atoms with Crippen LogP contribution in [0.5, 0.6) is 5.75 Å². The van der Waals surface area contributed by atoms with Gasteiger partial charge < -0.3 is 26.2 Å². The van der Waals surface area contributed by atoms with Gasteiger partial charge in [0, 0.05) is 17.8 Å². The lowest BCUT2D eigenvalue weighted by Crippen LogP contribution is -2.31. The number of carboxylic acid groups (broad SMARTS) is 1. The Morgan fingerprint density at radius 2 is 1.82 bits per heavy atom. The number of anilines is 1. The van der Waals surface area contributed by atoms with E-state index in [9.17, 15) is 27.6 Å². The van der Waals surface area contributed by atoms with Gasteiger partial charge in [-0.15, -0.1) is 11.3 Å². The maximum Gasteiger partial charge on any atom is 0.416 e. The van der Waals surface area contributed by atoms with E-state index in [-0.39, 0.29) is 22.0 Å². The van der Waals surface area contributed by atoms with Crippen molar-refractivity contribution in [2.75, 3.05) is 11.9 Å². The van der Waals surface area contributed by atoms with E-state index in [0.717, 1.165) is 23.0 Å². The number of rotatable bonds is 9. The van der Waals surface area contributed by atoms with E-state index in [1.165, 1.54) is 43.7 Å². The molecule has 3 heterocycles. The Morgan fingerprint density at radius 1 is 1.07 bits per heavy atom. The molecule has 0 fully saturated rings. The molecular formula is C29H23F3N6O5S. The minimum absolute atomic E-state index is 0.0414. The maximum atomic E-state index is 13.6. The molecule has 5 N–H and O–H groups in total. The monoisotopic (exact) mass is 624 g/mol. The van der Waals surface area contributed by atoms with E-state index in [1.54, 1.807) is 28.8 Å². The van der Waals surface area contributed by atoms with Crippen LogP contribution in [0.25, 0.3) is 27.2 Å². The molecule has 226 valence electrons. The lowest BCUT2D eigenvalue weighted by molar-refractivity contribution is -0.139. The van der Waals surface area contributed by atoms with Crippen LogP contribution in [-0.2, 0) is 11.0 Å². The molecule has 3 amide bonds. The number of primary amides is 1. The highest BCUT2D eigenvalue weighted by molar-refractivity contribution is 7.16. The number of carbonyl (C=O) groups excluding carboxylic acids is 2. The molecule has 0 unspecified atom stereocenters. The zero-order valence-corrected chi connectivity index (χ0v) is 23.6. The first-order chi connectivity index (χ1) is 20.9. The molecule has 5 rings (SSSR count). The van der Waals surface area contributed by atoms with Gasteiger partial charge in [0.2, 0.25) is 5.91 Å². The quantitative estimate of drug-likeness (QED) is 0.166. The van der Waals surface area contributed by atoms with Gasteiger partial charge in [0.15, 0.2) is 0 Å². The van der Waals surface area contributed by atoms with Crippen LogP contribution in [0.2, 0.25) is 0 Å². The Morgan fingerprint density at radius 3 is 2.55 bits per heavy atom. The number of amides is 3. The van der Waals surface area contributed by atoms with Crippen LogP contribution in [0.15, 0.2) is 73.2 Å². The van der Waals surface area contributed by atoms with E-state index in [2.05, 4.69) is 15.3 Å². The second kappa shape index (κ2) is 12.0. The number of nitrogens with one attached hydrogen (secondary N) is 2. The fourth-order valence-corrected chi connectivity index (χ4v) is 5.42. The highest BCUT2D eigenvalue weighted by Gasteiger charge is 2.35. The highest BCUT2D eigenvalue weighted by atomic mass is 32.1. The number of imidazole rings is 1. The second-order valence-electron chi connectivity index (χ2n) is 9.44. The molecule has 1 atom stereocenters. The predicted molar refractivity (Wildman–Crippen MR) is 156 cm³/mol. The van der Waals surface area contributed by atoms with Crippen LogP contribution >= 0.6 is 11.3 Å². The van der Waals surface area contributed by atoms with Crippen molar-refractivity contribution in [1.82, 2.24) is 19.9 Å². The smallest absolute Gasteiger partial charge is 0.416 e. The summed E-state index contributed by atoms with van der Waals surface area (Å²) >= 11 is 1.01. The van der Waals surface area contributed by atoms with Crippen LogP contribution in [0, 0.1) is 0 Å². The summed E-state index contributed by atoms with van der Waals surface area (Å²) in [6, 6.07) is 15.3. The molecule has 3 aromatic heterocycles. The van der Waals surface area contributed by atoms with Gasteiger partial charge >= 0.3 is 12.3 Å². The molecule has 5 aromatic rings. The number of pyridine rings is 1. The van der Waals surface area contributed by atoms with Gasteiger partial charge in [0.25, 0.3) is 5.91 Å². The molecule has 0 spiro atoms. The Balaban J connectivity index is 1.41. The summed E-state index contributed by atoms with van der Waals surface area (Å²) in [6.07, 6.45) is -3.93. The summed E-state index contributed by atoms with van der Waals surface area (Å²) in [4.78, 5) is 43.4. The fourth-order valence-electron chi connectivity index (χ4n) is 4.49. The van der Waals surface area contributed by atoms with Gasteiger partial charge in [-0.1, -0.05) is 24.3 Å². The van der Waals surface area contributed by atoms with Gasteiger partial charge in [-0.3, -0.25) is 14.2 Å². The van der Waals surface area contributed by atoms with Gasteiger partial charge in [-0.2, -0.15) is 13.2 Å². The summed E-state index contributed by atoms with van der Waals surface area (Å²) in [5.41, 5.74) is 7.36. The third-order valence-corrected chi connectivity index (χ3v) is 7.59. The Bertz CT molecular complexity index is 1890. The molecule has 44 heavy (non-hydrogen) atoms. The highest BCUT2D eigenvalue weighted by Crippen LogP contribution is 2.39. The molecule has 0 aliphatic heterocycles. The number of nitrogens with zero attached hydrogens (tertiary/aromatic N) is 3. The van der Waals surface area contributed by atoms with E-state index in [0.29, 0.717) is 21.6 Å². The first kappa shape index (κ1) is 30.0. The van der Waals surface area contributed by atoms with Crippen LogP contribution in [0.4, 0.5) is 23.8 Å². The average molecular weight is 625 g/mol. The van der Waals surface area contributed by atoms with Gasteiger partial charge in [-0.05, 0) is 48.4 Å². The molecule has 0 bridgehead atoms. The largest absolute Gasteiger partial charge is 0.484 e. The van der Waals surface area contributed by atoms with E-state index in [4.69, 9.17) is 15.6 Å². The van der Waals surface area contributed by atoms with Crippen LogP contribution < -0.4 is 21.1 Å². The van der Waals surface area contributed by atoms with Gasteiger partial charge in [0.05, 0.1) is 16.6 Å². The van der Waals surface area contributed by atoms with Crippen molar-refractivity contribution in [3.63, 3.8) is 0 Å². The van der Waals surface area contributed by atoms with Crippen molar-refractivity contribution < 1.29 is 37.4 Å². The number of nitrogens with two attached hydrogens (primary N) is 1. The minimum Gasteiger partial charge on any atom is -0.484 e. The number of carbonyl (C=O) groups is 3. The molecule has 2 aromatic carbocycles. The van der Waals surface area contributed by atoms with E-state index < -0.39 is 42.3 Å². The number of hydrogen-bond acceptors (Lipinski definition) is 7. The number of benzene rings is 2. The summed E-state index contributed by atoms with van der Waals surface area (Å²) in [5.74, 6) is -1.11. The van der Waals surface area contributed by atoms with Crippen LogP contribution in [0.3, 0.4) is 0 Å². The van der Waals surface area contributed by atoms with E-state index in [1.807, 2.05) is 11.4 Å². The summed E-state index contributed by atoms with van der Waals surface area (Å²) in [7, 11) is 0. The van der Waals surface area contributed by atoms with Crippen molar-refractivity contribution in [2.24, 2.45) is 5.73 Å². The number of aromatic nitrogens is 3. The van der Waals surface area contributed by atoms with Gasteiger partial charge in [0.1, 0.15) is 40.4 Å². The normalized spacial score (nSPS) is 12.1. The molecule has 11 nitrogen and oxygen atoms in total. The lowest BCUT2D eigenvalue weighted by Gasteiger charge is -2.19. The molecule has 0 radical (unpaired) electrons. The third kappa shape index (κ3) is 6.47. The summed E-state index contributed by atoms with van der Waals surface area (Å²) in [5, 5.41) is 13.7. The lowest BCUT2D eigenvalue weighted by atomic mass is 10.0. The number of ether oxygens (including phenoxy) is 1. The first-order valence-electron chi connectivity index (χ1n) is 12.9. The van der Waals surface area contributed by atoms with Gasteiger partial charge in [-0.25, -0.2) is 14.8 Å². The Labute approximate surface area is 251 Å². The Hall–Kier alpha value is -5.44. The fraction of sp³-hybridized carbons (Fsp3) is 0.138. The third-order valence-electron chi connectivity index (χ3n) is 6.46. The first-order valence-corrected chi connectivity index (χ1v) is 13.7.